The van der Waals surface area contributed by atoms with E-state index in [-0.39, 0.29) is 10.6 Å². The van der Waals surface area contributed by atoms with Crippen LogP contribution in [0.3, 0.4) is 0 Å². The van der Waals surface area contributed by atoms with E-state index in [4.69, 9.17) is 5.11 Å². The van der Waals surface area contributed by atoms with Crippen molar-refractivity contribution in [2.75, 3.05) is 0 Å². The van der Waals surface area contributed by atoms with E-state index < -0.39 is 28.1 Å². The molecule has 7 heteroatoms. The summed E-state index contributed by atoms with van der Waals surface area (Å²) in [6.07, 6.45) is 0. The Morgan fingerprint density at radius 2 is 2.15 bits per heavy atom. The SMILES string of the molecule is Cc1nc(CS(=O)c2ccc(F)c(C(=O)O)c2)sc1C. The van der Waals surface area contributed by atoms with Crippen LogP contribution in [0.1, 0.15) is 25.9 Å². The van der Waals surface area contributed by atoms with Gasteiger partial charge in [0.25, 0.3) is 0 Å². The summed E-state index contributed by atoms with van der Waals surface area (Å²) in [5.41, 5.74) is 0.426. The van der Waals surface area contributed by atoms with Gasteiger partial charge in [0.1, 0.15) is 10.8 Å². The Balaban J connectivity index is 2.25. The van der Waals surface area contributed by atoms with Gasteiger partial charge in [-0.3, -0.25) is 4.21 Å². The maximum atomic E-state index is 13.3. The lowest BCUT2D eigenvalue weighted by atomic mass is 10.2. The quantitative estimate of drug-likeness (QED) is 0.942. The lowest BCUT2D eigenvalue weighted by Crippen LogP contribution is -2.03. The summed E-state index contributed by atoms with van der Waals surface area (Å²) >= 11 is 1.46. The van der Waals surface area contributed by atoms with Crippen LogP contribution in [0.5, 0.6) is 0 Å². The number of hydrogen-bond donors (Lipinski definition) is 1. The normalized spacial score (nSPS) is 12.3. The molecule has 0 aliphatic heterocycles. The highest BCUT2D eigenvalue weighted by Gasteiger charge is 2.15. The van der Waals surface area contributed by atoms with Gasteiger partial charge in [0.05, 0.1) is 27.8 Å². The van der Waals surface area contributed by atoms with Crippen LogP contribution in [-0.4, -0.2) is 20.3 Å². The summed E-state index contributed by atoms with van der Waals surface area (Å²) in [6, 6.07) is 3.47. The van der Waals surface area contributed by atoms with Crippen molar-refractivity contribution in [3.63, 3.8) is 0 Å². The van der Waals surface area contributed by atoms with Gasteiger partial charge in [0.2, 0.25) is 0 Å². The van der Waals surface area contributed by atoms with Crippen LogP contribution in [0.25, 0.3) is 0 Å². The second-order valence-corrected chi connectivity index (χ2v) is 6.92. The van der Waals surface area contributed by atoms with Gasteiger partial charge in [-0.25, -0.2) is 14.2 Å². The number of aromatic carboxylic acids is 1. The van der Waals surface area contributed by atoms with Crippen molar-refractivity contribution in [1.29, 1.82) is 0 Å². The van der Waals surface area contributed by atoms with E-state index in [0.29, 0.717) is 0 Å². The van der Waals surface area contributed by atoms with Crippen LogP contribution in [0.15, 0.2) is 23.1 Å². The molecule has 2 rings (SSSR count). The summed E-state index contributed by atoms with van der Waals surface area (Å²) in [7, 11) is -1.45. The number of benzene rings is 1. The highest BCUT2D eigenvalue weighted by Crippen LogP contribution is 2.21. The topological polar surface area (TPSA) is 67.3 Å². The Kier molecular flexibility index (Phi) is 4.29. The first-order valence-electron chi connectivity index (χ1n) is 5.72. The summed E-state index contributed by atoms with van der Waals surface area (Å²) in [5.74, 6) is -2.01. The fraction of sp³-hybridized carbons (Fsp3) is 0.231. The molecule has 1 atom stereocenters. The summed E-state index contributed by atoms with van der Waals surface area (Å²) < 4.78 is 25.5. The van der Waals surface area contributed by atoms with Crippen LogP contribution in [-0.2, 0) is 16.6 Å². The van der Waals surface area contributed by atoms with Gasteiger partial charge in [-0.05, 0) is 32.0 Å². The van der Waals surface area contributed by atoms with Gasteiger partial charge in [0, 0.05) is 9.77 Å². The Labute approximate surface area is 121 Å². The largest absolute Gasteiger partial charge is 0.478 e. The fourth-order valence-electron chi connectivity index (χ4n) is 1.61. The molecule has 0 saturated heterocycles. The average Bonchev–Trinajstić information content (AvgIpc) is 2.68. The third-order valence-electron chi connectivity index (χ3n) is 2.76. The summed E-state index contributed by atoms with van der Waals surface area (Å²) in [5, 5.41) is 9.57. The van der Waals surface area contributed by atoms with E-state index in [1.165, 1.54) is 17.4 Å². The molecule has 0 fully saturated rings. The smallest absolute Gasteiger partial charge is 0.338 e. The molecule has 0 spiro atoms. The molecule has 20 heavy (non-hydrogen) atoms. The Bertz CT molecular complexity index is 677. The molecule has 0 aliphatic rings. The zero-order valence-corrected chi connectivity index (χ0v) is 12.5. The van der Waals surface area contributed by atoms with Crippen molar-refractivity contribution in [2.45, 2.75) is 24.5 Å². The monoisotopic (exact) mass is 313 g/mol. The molecule has 1 aromatic carbocycles. The first-order valence-corrected chi connectivity index (χ1v) is 7.86. The van der Waals surface area contributed by atoms with E-state index in [0.717, 1.165) is 27.7 Å². The number of thiazole rings is 1. The van der Waals surface area contributed by atoms with Gasteiger partial charge < -0.3 is 5.11 Å². The Morgan fingerprint density at radius 1 is 1.45 bits per heavy atom. The molecule has 1 aromatic heterocycles. The molecular formula is C13H12FNO3S2. The van der Waals surface area contributed by atoms with Crippen molar-refractivity contribution in [3.8, 4) is 0 Å². The van der Waals surface area contributed by atoms with Crippen molar-refractivity contribution in [2.24, 2.45) is 0 Å². The average molecular weight is 313 g/mol. The molecule has 1 unspecified atom stereocenters. The van der Waals surface area contributed by atoms with Gasteiger partial charge >= 0.3 is 5.97 Å². The second-order valence-electron chi connectivity index (χ2n) is 4.19. The molecule has 0 radical (unpaired) electrons. The predicted octanol–water partition coefficient (Wildman–Crippen LogP) is 2.91. The number of carboxylic acids is 1. The van der Waals surface area contributed by atoms with Gasteiger partial charge in [-0.2, -0.15) is 0 Å². The standard InChI is InChI=1S/C13H12FNO3S2/c1-7-8(2)19-12(15-7)6-20(18)9-3-4-11(14)10(5-9)13(16)17/h3-5H,6H2,1-2H3,(H,16,17). The molecule has 4 nitrogen and oxygen atoms in total. The molecule has 1 heterocycles. The Morgan fingerprint density at radius 3 is 2.70 bits per heavy atom. The predicted molar refractivity (Wildman–Crippen MR) is 75.1 cm³/mol. The first-order chi connectivity index (χ1) is 9.38. The summed E-state index contributed by atoms with van der Waals surface area (Å²) in [6.45, 7) is 3.80. The molecular weight excluding hydrogens is 301 g/mol. The van der Waals surface area contributed by atoms with E-state index in [1.807, 2.05) is 13.8 Å². The number of halogens is 1. The highest BCUT2D eigenvalue weighted by molar-refractivity contribution is 7.84. The van der Waals surface area contributed by atoms with E-state index in [9.17, 15) is 13.4 Å². The van der Waals surface area contributed by atoms with Crippen LogP contribution in [0.2, 0.25) is 0 Å². The molecule has 106 valence electrons. The van der Waals surface area contributed by atoms with Crippen molar-refractivity contribution in [1.82, 2.24) is 4.98 Å². The summed E-state index contributed by atoms with van der Waals surface area (Å²) in [4.78, 5) is 16.5. The van der Waals surface area contributed by atoms with Gasteiger partial charge in [-0.1, -0.05) is 0 Å². The fourth-order valence-corrected chi connectivity index (χ4v) is 3.82. The van der Waals surface area contributed by atoms with Gasteiger partial charge in [-0.15, -0.1) is 11.3 Å². The van der Waals surface area contributed by atoms with Crippen molar-refractivity contribution < 1.29 is 18.5 Å². The number of aryl methyl sites for hydroxylation is 2. The van der Waals surface area contributed by atoms with Crippen molar-refractivity contribution in [3.05, 3.63) is 45.2 Å². The third-order valence-corrected chi connectivity index (χ3v) is 5.33. The maximum Gasteiger partial charge on any atom is 0.338 e. The number of carboxylic acid groups (broad SMARTS) is 1. The van der Waals surface area contributed by atoms with E-state index in [1.54, 1.807) is 0 Å². The Hall–Kier alpha value is -1.60. The van der Waals surface area contributed by atoms with E-state index >= 15 is 0 Å². The number of aromatic nitrogens is 1. The number of nitrogens with zero attached hydrogens (tertiary/aromatic N) is 1. The maximum absolute atomic E-state index is 13.3. The molecule has 0 amide bonds. The lowest BCUT2D eigenvalue weighted by molar-refractivity contribution is 0.0691. The number of rotatable bonds is 4. The second kappa shape index (κ2) is 5.80. The third kappa shape index (κ3) is 3.10. The minimum absolute atomic E-state index is 0.198. The molecule has 0 saturated carbocycles. The van der Waals surface area contributed by atoms with Crippen LogP contribution < -0.4 is 0 Å². The lowest BCUT2D eigenvalue weighted by Gasteiger charge is -2.03. The van der Waals surface area contributed by atoms with Crippen molar-refractivity contribution >= 4 is 28.1 Å². The minimum atomic E-state index is -1.45. The van der Waals surface area contributed by atoms with Crippen LogP contribution in [0.4, 0.5) is 4.39 Å². The first kappa shape index (κ1) is 14.8. The highest BCUT2D eigenvalue weighted by atomic mass is 32.2. The molecule has 2 aromatic rings. The molecule has 0 bridgehead atoms. The van der Waals surface area contributed by atoms with Crippen LogP contribution in [0, 0.1) is 19.7 Å². The minimum Gasteiger partial charge on any atom is -0.478 e. The zero-order valence-electron chi connectivity index (χ0n) is 10.8. The van der Waals surface area contributed by atoms with Gasteiger partial charge in [0.15, 0.2) is 0 Å². The van der Waals surface area contributed by atoms with Crippen LogP contribution >= 0.6 is 11.3 Å². The molecule has 0 aliphatic carbocycles. The molecule has 1 N–H and O–H groups in total. The number of carbonyl (C=O) groups is 1. The number of hydrogen-bond acceptors (Lipinski definition) is 4. The van der Waals surface area contributed by atoms with E-state index in [2.05, 4.69) is 4.98 Å². The zero-order chi connectivity index (χ0) is 14.9.